The Morgan fingerprint density at radius 3 is 2.19 bits per heavy atom. The van der Waals surface area contributed by atoms with Gasteiger partial charge in [0, 0.05) is 6.42 Å². The summed E-state index contributed by atoms with van der Waals surface area (Å²) in [6.07, 6.45) is -2.08. The Bertz CT molecular complexity index is 820. The minimum absolute atomic E-state index is 0.0796. The lowest BCUT2D eigenvalue weighted by Crippen LogP contribution is -2.52. The summed E-state index contributed by atoms with van der Waals surface area (Å²) >= 11 is 0. The van der Waals surface area contributed by atoms with Crippen molar-refractivity contribution >= 4 is 29.8 Å². The molecule has 0 spiro atoms. The molecule has 176 valence electrons. The van der Waals surface area contributed by atoms with E-state index in [2.05, 4.69) is 10.6 Å². The van der Waals surface area contributed by atoms with Gasteiger partial charge in [-0.25, -0.2) is 9.59 Å². The van der Waals surface area contributed by atoms with E-state index in [4.69, 9.17) is 15.2 Å². The molecule has 0 heterocycles. The van der Waals surface area contributed by atoms with Crippen molar-refractivity contribution in [2.45, 2.75) is 64.3 Å². The first-order chi connectivity index (χ1) is 14.9. The predicted molar refractivity (Wildman–Crippen MR) is 112 cm³/mol. The lowest BCUT2D eigenvalue weighted by molar-refractivity contribution is -0.156. The van der Waals surface area contributed by atoms with Crippen LogP contribution in [0.25, 0.3) is 0 Å². The number of benzene rings is 1. The van der Waals surface area contributed by atoms with E-state index < -0.39 is 54.0 Å². The van der Waals surface area contributed by atoms with Gasteiger partial charge < -0.3 is 30.9 Å². The zero-order valence-electron chi connectivity index (χ0n) is 18.3. The lowest BCUT2D eigenvalue weighted by atomic mass is 10.1. The van der Waals surface area contributed by atoms with E-state index in [9.17, 15) is 29.1 Å². The van der Waals surface area contributed by atoms with Crippen molar-refractivity contribution < 1.29 is 38.6 Å². The number of aliphatic carboxylic acids is 1. The van der Waals surface area contributed by atoms with E-state index in [1.54, 1.807) is 51.1 Å². The summed E-state index contributed by atoms with van der Waals surface area (Å²) in [5.74, 6) is -3.88. The molecular formula is C21H29N3O8. The van der Waals surface area contributed by atoms with Gasteiger partial charge in [0.2, 0.25) is 11.8 Å². The van der Waals surface area contributed by atoms with E-state index in [0.717, 1.165) is 0 Å². The van der Waals surface area contributed by atoms with Gasteiger partial charge in [-0.2, -0.15) is 0 Å². The van der Waals surface area contributed by atoms with Crippen LogP contribution in [0.2, 0.25) is 0 Å². The highest BCUT2D eigenvalue weighted by Crippen LogP contribution is 2.10. The molecule has 0 aliphatic rings. The Hall–Kier alpha value is -3.63. The van der Waals surface area contributed by atoms with Crippen molar-refractivity contribution in [2.75, 3.05) is 0 Å². The molecular weight excluding hydrogens is 422 g/mol. The van der Waals surface area contributed by atoms with E-state index >= 15 is 0 Å². The molecule has 1 aromatic rings. The highest BCUT2D eigenvalue weighted by Gasteiger charge is 2.30. The molecule has 11 heteroatoms. The number of nitrogens with two attached hydrogens (primary N) is 1. The van der Waals surface area contributed by atoms with Gasteiger partial charge in [-0.3, -0.25) is 14.4 Å². The molecule has 0 bridgehead atoms. The van der Waals surface area contributed by atoms with Gasteiger partial charge in [-0.1, -0.05) is 30.3 Å². The van der Waals surface area contributed by atoms with Crippen molar-refractivity contribution in [3.8, 4) is 0 Å². The fourth-order valence-electron chi connectivity index (χ4n) is 2.48. The molecule has 0 aromatic heterocycles. The quantitative estimate of drug-likeness (QED) is 0.358. The number of ether oxygens (including phenoxy) is 2. The molecule has 3 amide bonds. The number of esters is 1. The van der Waals surface area contributed by atoms with E-state index in [1.807, 2.05) is 0 Å². The number of alkyl carbamates (subject to hydrolysis) is 1. The number of nitrogens with one attached hydrogen (secondary N) is 2. The Balaban J connectivity index is 2.86. The zero-order valence-corrected chi connectivity index (χ0v) is 18.3. The van der Waals surface area contributed by atoms with Gasteiger partial charge in [-0.15, -0.1) is 0 Å². The Kier molecular flexibility index (Phi) is 10.1. The second kappa shape index (κ2) is 12.3. The Morgan fingerprint density at radius 1 is 1.03 bits per heavy atom. The smallest absolute Gasteiger partial charge is 0.408 e. The molecule has 32 heavy (non-hydrogen) atoms. The van der Waals surface area contributed by atoms with Crippen LogP contribution in [0.5, 0.6) is 0 Å². The minimum Gasteiger partial charge on any atom is -0.480 e. The third-order valence-corrected chi connectivity index (χ3v) is 3.91. The van der Waals surface area contributed by atoms with Gasteiger partial charge in [0.25, 0.3) is 0 Å². The van der Waals surface area contributed by atoms with Crippen molar-refractivity contribution in [2.24, 2.45) is 5.73 Å². The van der Waals surface area contributed by atoms with Gasteiger partial charge in [0.05, 0.1) is 6.42 Å². The molecule has 0 fully saturated rings. The molecule has 2 unspecified atom stereocenters. The van der Waals surface area contributed by atoms with E-state index in [0.29, 0.717) is 5.56 Å². The third-order valence-electron chi connectivity index (χ3n) is 3.91. The molecule has 5 N–H and O–H groups in total. The van der Waals surface area contributed by atoms with Crippen molar-refractivity contribution in [3.63, 3.8) is 0 Å². The second-order valence-electron chi connectivity index (χ2n) is 7.95. The van der Waals surface area contributed by atoms with Gasteiger partial charge in [-0.05, 0) is 32.8 Å². The highest BCUT2D eigenvalue weighted by atomic mass is 16.6. The second-order valence-corrected chi connectivity index (χ2v) is 7.95. The summed E-state index contributed by atoms with van der Waals surface area (Å²) in [5.41, 5.74) is 4.89. The topological polar surface area (TPSA) is 174 Å². The first-order valence-corrected chi connectivity index (χ1v) is 9.88. The van der Waals surface area contributed by atoms with Crippen LogP contribution in [0, 0.1) is 0 Å². The number of rotatable bonds is 11. The number of carbonyl (C=O) groups excluding carboxylic acids is 4. The van der Waals surface area contributed by atoms with Gasteiger partial charge in [0.15, 0.2) is 0 Å². The van der Waals surface area contributed by atoms with Crippen LogP contribution in [-0.2, 0) is 35.3 Å². The number of hydrogen-bond donors (Lipinski definition) is 4. The summed E-state index contributed by atoms with van der Waals surface area (Å²) in [6, 6.07) is 5.85. The Morgan fingerprint density at radius 2 is 1.66 bits per heavy atom. The molecule has 0 saturated heterocycles. The maximum atomic E-state index is 12.6. The molecule has 1 aromatic carbocycles. The molecule has 0 aliphatic heterocycles. The van der Waals surface area contributed by atoms with Crippen LogP contribution in [0.1, 0.15) is 45.6 Å². The molecule has 1 rings (SSSR count). The van der Waals surface area contributed by atoms with E-state index in [-0.39, 0.29) is 19.4 Å². The van der Waals surface area contributed by atoms with Crippen LogP contribution in [0.3, 0.4) is 0 Å². The summed E-state index contributed by atoms with van der Waals surface area (Å²) in [4.78, 5) is 59.4. The average Bonchev–Trinajstić information content (AvgIpc) is 2.67. The van der Waals surface area contributed by atoms with Crippen LogP contribution >= 0.6 is 0 Å². The third kappa shape index (κ3) is 11.0. The minimum atomic E-state index is -1.47. The van der Waals surface area contributed by atoms with Crippen molar-refractivity contribution in [1.29, 1.82) is 0 Å². The normalized spacial score (nSPS) is 12.7. The summed E-state index contributed by atoms with van der Waals surface area (Å²) in [7, 11) is 0. The summed E-state index contributed by atoms with van der Waals surface area (Å²) in [6.45, 7) is 4.81. The van der Waals surface area contributed by atoms with Crippen LogP contribution in [-0.4, -0.2) is 52.6 Å². The fraction of sp³-hybridized carbons (Fsp3) is 0.476. The number of carbonyl (C=O) groups is 5. The first-order valence-electron chi connectivity index (χ1n) is 9.88. The number of carboxylic acids is 1. The predicted octanol–water partition coefficient (Wildman–Crippen LogP) is 0.848. The molecule has 0 saturated carbocycles. The summed E-state index contributed by atoms with van der Waals surface area (Å²) < 4.78 is 10.2. The first kappa shape index (κ1) is 26.4. The molecule has 11 nitrogen and oxygen atoms in total. The number of hydrogen-bond acceptors (Lipinski definition) is 7. The van der Waals surface area contributed by atoms with Crippen LogP contribution in [0.4, 0.5) is 4.79 Å². The van der Waals surface area contributed by atoms with Crippen molar-refractivity contribution in [1.82, 2.24) is 10.6 Å². The average molecular weight is 451 g/mol. The number of amides is 3. The maximum Gasteiger partial charge on any atom is 0.408 e. The number of carboxylic acid groups (broad SMARTS) is 1. The lowest BCUT2D eigenvalue weighted by Gasteiger charge is -2.23. The largest absolute Gasteiger partial charge is 0.480 e. The highest BCUT2D eigenvalue weighted by molar-refractivity contribution is 5.92. The molecule has 0 aliphatic carbocycles. The van der Waals surface area contributed by atoms with Crippen molar-refractivity contribution in [3.05, 3.63) is 35.9 Å². The van der Waals surface area contributed by atoms with Gasteiger partial charge in [0.1, 0.15) is 24.3 Å². The zero-order chi connectivity index (χ0) is 24.3. The standard InChI is InChI=1S/C21H29N3O8/c1-21(2,3)32-17(26)11-15(18(27)23-14(19(28)29)9-10-16(22)25)24-20(30)31-12-13-7-5-4-6-8-13/h4-8,14-15H,9-12H2,1-3H3,(H2,22,25)(H,23,27)(H,24,30)(H,28,29). The number of primary amides is 1. The molecule has 2 atom stereocenters. The fourth-order valence-corrected chi connectivity index (χ4v) is 2.48. The molecule has 0 radical (unpaired) electrons. The Labute approximate surface area is 185 Å². The van der Waals surface area contributed by atoms with Crippen LogP contribution < -0.4 is 16.4 Å². The monoisotopic (exact) mass is 451 g/mol. The SMILES string of the molecule is CC(C)(C)OC(=O)CC(NC(=O)OCc1ccccc1)C(=O)NC(CCC(N)=O)C(=O)O. The van der Waals surface area contributed by atoms with E-state index in [1.165, 1.54) is 0 Å². The summed E-state index contributed by atoms with van der Waals surface area (Å²) in [5, 5.41) is 13.7. The van der Waals surface area contributed by atoms with Crippen LogP contribution in [0.15, 0.2) is 30.3 Å². The maximum absolute atomic E-state index is 12.6. The van der Waals surface area contributed by atoms with Gasteiger partial charge >= 0.3 is 18.0 Å².